The van der Waals surface area contributed by atoms with Gasteiger partial charge in [-0.15, -0.1) is 0 Å². The summed E-state index contributed by atoms with van der Waals surface area (Å²) in [5.74, 6) is -1.31. The van der Waals surface area contributed by atoms with E-state index in [0.717, 1.165) is 10.8 Å². The van der Waals surface area contributed by atoms with Gasteiger partial charge in [-0.25, -0.2) is 4.79 Å². The Labute approximate surface area is 159 Å². The number of hydrogen-bond donors (Lipinski definition) is 1. The molecule has 3 aromatic carbocycles. The Kier molecular flexibility index (Phi) is 5.84. The zero-order valence-corrected chi connectivity index (χ0v) is 14.9. The van der Waals surface area contributed by atoms with E-state index in [1.807, 2.05) is 36.4 Å². The standard InChI is InChI=1S/C21H17F2NO4/c1-13(27-20(26)15-9-11-16(12-10-15)28-21(22)23)19(25)24-18-8-4-6-14-5-2-3-7-17(14)18/h2-13,21H,1H3,(H,24,25)/t13-/m0/s1. The molecule has 0 aliphatic rings. The summed E-state index contributed by atoms with van der Waals surface area (Å²) in [5.41, 5.74) is 0.728. The number of amides is 1. The van der Waals surface area contributed by atoms with Crippen LogP contribution in [0, 0.1) is 0 Å². The molecule has 0 spiro atoms. The summed E-state index contributed by atoms with van der Waals surface area (Å²) in [6, 6.07) is 18.1. The average Bonchev–Trinajstić information content (AvgIpc) is 2.68. The normalized spacial score (nSPS) is 11.9. The van der Waals surface area contributed by atoms with Crippen LogP contribution < -0.4 is 10.1 Å². The molecule has 7 heteroatoms. The maximum Gasteiger partial charge on any atom is 0.387 e. The lowest BCUT2D eigenvalue weighted by Gasteiger charge is -2.15. The molecule has 3 rings (SSSR count). The summed E-state index contributed by atoms with van der Waals surface area (Å²) in [7, 11) is 0. The molecular weight excluding hydrogens is 368 g/mol. The van der Waals surface area contributed by atoms with Crippen molar-refractivity contribution in [1.29, 1.82) is 0 Å². The number of anilines is 1. The highest BCUT2D eigenvalue weighted by Gasteiger charge is 2.20. The van der Waals surface area contributed by atoms with Crippen LogP contribution in [0.5, 0.6) is 5.75 Å². The quantitative estimate of drug-likeness (QED) is 0.629. The first-order valence-corrected chi connectivity index (χ1v) is 8.48. The summed E-state index contributed by atoms with van der Waals surface area (Å²) in [4.78, 5) is 24.6. The van der Waals surface area contributed by atoms with Crippen LogP contribution in [0.15, 0.2) is 66.7 Å². The van der Waals surface area contributed by atoms with E-state index in [1.54, 1.807) is 6.07 Å². The Bertz CT molecular complexity index is 984. The summed E-state index contributed by atoms with van der Waals surface area (Å²) in [5, 5.41) is 4.59. The second-order valence-electron chi connectivity index (χ2n) is 5.97. The summed E-state index contributed by atoms with van der Waals surface area (Å²) >= 11 is 0. The zero-order chi connectivity index (χ0) is 20.1. The summed E-state index contributed by atoms with van der Waals surface area (Å²) in [6.07, 6.45) is -1.05. The Balaban J connectivity index is 1.64. The molecule has 144 valence electrons. The fraction of sp³-hybridized carbons (Fsp3) is 0.143. The number of fused-ring (bicyclic) bond motifs is 1. The molecule has 28 heavy (non-hydrogen) atoms. The molecule has 3 aromatic rings. The molecular formula is C21H17F2NO4. The van der Waals surface area contributed by atoms with Crippen LogP contribution in [0.4, 0.5) is 14.5 Å². The van der Waals surface area contributed by atoms with Gasteiger partial charge in [0.15, 0.2) is 6.10 Å². The number of nitrogens with one attached hydrogen (secondary N) is 1. The van der Waals surface area contributed by atoms with E-state index in [-0.39, 0.29) is 11.3 Å². The van der Waals surface area contributed by atoms with Gasteiger partial charge in [0.25, 0.3) is 5.91 Å². The van der Waals surface area contributed by atoms with Crippen molar-refractivity contribution in [2.75, 3.05) is 5.32 Å². The molecule has 0 aliphatic heterocycles. The van der Waals surface area contributed by atoms with Gasteiger partial charge in [0.05, 0.1) is 5.56 Å². The summed E-state index contributed by atoms with van der Waals surface area (Å²) < 4.78 is 33.7. The van der Waals surface area contributed by atoms with E-state index in [4.69, 9.17) is 4.74 Å². The van der Waals surface area contributed by atoms with Crippen molar-refractivity contribution in [3.63, 3.8) is 0 Å². The van der Waals surface area contributed by atoms with Gasteiger partial charge >= 0.3 is 12.6 Å². The summed E-state index contributed by atoms with van der Waals surface area (Å²) in [6.45, 7) is -1.50. The van der Waals surface area contributed by atoms with Gasteiger partial charge in [0.1, 0.15) is 5.75 Å². The van der Waals surface area contributed by atoms with Gasteiger partial charge < -0.3 is 14.8 Å². The first-order valence-electron chi connectivity index (χ1n) is 8.48. The third-order valence-corrected chi connectivity index (χ3v) is 4.02. The van der Waals surface area contributed by atoms with Crippen LogP contribution in [-0.2, 0) is 9.53 Å². The fourth-order valence-corrected chi connectivity index (χ4v) is 2.62. The molecule has 0 aromatic heterocycles. The highest BCUT2D eigenvalue weighted by Crippen LogP contribution is 2.23. The van der Waals surface area contributed by atoms with Crippen LogP contribution in [0.1, 0.15) is 17.3 Å². The molecule has 5 nitrogen and oxygen atoms in total. The molecule has 0 saturated heterocycles. The number of alkyl halides is 2. The van der Waals surface area contributed by atoms with Gasteiger partial charge in [-0.05, 0) is 42.6 Å². The molecule has 0 saturated carbocycles. The molecule has 0 aliphatic carbocycles. The molecule has 0 bridgehead atoms. The lowest BCUT2D eigenvalue weighted by molar-refractivity contribution is -0.123. The largest absolute Gasteiger partial charge is 0.449 e. The maximum absolute atomic E-state index is 12.4. The van der Waals surface area contributed by atoms with E-state index in [9.17, 15) is 18.4 Å². The van der Waals surface area contributed by atoms with Gasteiger partial charge in [-0.2, -0.15) is 8.78 Å². The molecule has 0 radical (unpaired) electrons. The van der Waals surface area contributed by atoms with Crippen molar-refractivity contribution in [1.82, 2.24) is 0 Å². The minimum Gasteiger partial charge on any atom is -0.449 e. The van der Waals surface area contributed by atoms with Crippen LogP contribution in [0.3, 0.4) is 0 Å². The number of esters is 1. The third-order valence-electron chi connectivity index (χ3n) is 4.02. The second-order valence-corrected chi connectivity index (χ2v) is 5.97. The van der Waals surface area contributed by atoms with Crippen molar-refractivity contribution >= 4 is 28.3 Å². The molecule has 0 heterocycles. The minimum absolute atomic E-state index is 0.0757. The maximum atomic E-state index is 12.4. The first-order chi connectivity index (χ1) is 13.4. The Morgan fingerprint density at radius 1 is 0.929 bits per heavy atom. The van der Waals surface area contributed by atoms with Crippen LogP contribution in [0.25, 0.3) is 10.8 Å². The monoisotopic (exact) mass is 385 g/mol. The van der Waals surface area contributed by atoms with E-state index in [1.165, 1.54) is 31.2 Å². The van der Waals surface area contributed by atoms with Crippen molar-refractivity contribution in [2.45, 2.75) is 19.6 Å². The van der Waals surface area contributed by atoms with Crippen molar-refractivity contribution < 1.29 is 27.8 Å². The SMILES string of the molecule is C[C@H](OC(=O)c1ccc(OC(F)F)cc1)C(=O)Nc1cccc2ccccc12. The number of benzene rings is 3. The van der Waals surface area contributed by atoms with E-state index in [0.29, 0.717) is 5.69 Å². The first kappa shape index (κ1) is 19.3. The van der Waals surface area contributed by atoms with E-state index >= 15 is 0 Å². The Hall–Kier alpha value is -3.48. The van der Waals surface area contributed by atoms with Crippen molar-refractivity contribution in [3.8, 4) is 5.75 Å². The van der Waals surface area contributed by atoms with Gasteiger partial charge in [0, 0.05) is 11.1 Å². The van der Waals surface area contributed by atoms with Crippen molar-refractivity contribution in [3.05, 3.63) is 72.3 Å². The number of rotatable bonds is 6. The Morgan fingerprint density at radius 3 is 2.32 bits per heavy atom. The Morgan fingerprint density at radius 2 is 1.61 bits per heavy atom. The van der Waals surface area contributed by atoms with Crippen LogP contribution in [-0.4, -0.2) is 24.6 Å². The zero-order valence-electron chi connectivity index (χ0n) is 14.9. The van der Waals surface area contributed by atoms with Gasteiger partial charge in [-0.1, -0.05) is 36.4 Å². The number of halogens is 2. The third kappa shape index (κ3) is 4.62. The number of hydrogen-bond acceptors (Lipinski definition) is 4. The second kappa shape index (κ2) is 8.47. The smallest absolute Gasteiger partial charge is 0.387 e. The highest BCUT2D eigenvalue weighted by atomic mass is 19.3. The predicted octanol–water partition coefficient (Wildman–Crippen LogP) is 4.63. The lowest BCUT2D eigenvalue weighted by atomic mass is 10.1. The highest BCUT2D eigenvalue weighted by molar-refractivity contribution is 6.04. The number of carbonyl (C=O) groups excluding carboxylic acids is 2. The van der Waals surface area contributed by atoms with Crippen LogP contribution >= 0.6 is 0 Å². The molecule has 0 fully saturated rings. The predicted molar refractivity (Wildman–Crippen MR) is 101 cm³/mol. The number of ether oxygens (including phenoxy) is 2. The molecule has 1 atom stereocenters. The average molecular weight is 385 g/mol. The van der Waals surface area contributed by atoms with E-state index in [2.05, 4.69) is 10.1 Å². The fourth-order valence-electron chi connectivity index (χ4n) is 2.62. The molecule has 1 N–H and O–H groups in total. The van der Waals surface area contributed by atoms with Gasteiger partial charge in [-0.3, -0.25) is 4.79 Å². The van der Waals surface area contributed by atoms with E-state index < -0.39 is 24.6 Å². The topological polar surface area (TPSA) is 64.6 Å². The van der Waals surface area contributed by atoms with Crippen molar-refractivity contribution in [2.24, 2.45) is 0 Å². The lowest BCUT2D eigenvalue weighted by Crippen LogP contribution is -2.30. The minimum atomic E-state index is -2.95. The van der Waals surface area contributed by atoms with Crippen LogP contribution in [0.2, 0.25) is 0 Å². The number of carbonyl (C=O) groups is 2. The van der Waals surface area contributed by atoms with Gasteiger partial charge in [0.2, 0.25) is 0 Å². The molecule has 0 unspecified atom stereocenters. The molecule has 1 amide bonds.